The van der Waals surface area contributed by atoms with Crippen molar-refractivity contribution in [2.75, 3.05) is 18.5 Å². The molecule has 6 heteroatoms. The van der Waals surface area contributed by atoms with E-state index in [9.17, 15) is 4.79 Å². The SMILES string of the molecule is CCOc1ccc(NC(=O)C(C)n2cnc3ccccc32)cc1OCC. The van der Waals surface area contributed by atoms with E-state index in [2.05, 4.69) is 10.3 Å². The van der Waals surface area contributed by atoms with Gasteiger partial charge in [0.05, 0.1) is 30.6 Å². The summed E-state index contributed by atoms with van der Waals surface area (Å²) in [6.45, 7) is 6.75. The van der Waals surface area contributed by atoms with Crippen molar-refractivity contribution in [2.45, 2.75) is 26.8 Å². The van der Waals surface area contributed by atoms with Crippen molar-refractivity contribution in [1.82, 2.24) is 9.55 Å². The molecule has 2 aromatic carbocycles. The second-order valence-electron chi connectivity index (χ2n) is 5.83. The predicted molar refractivity (Wildman–Crippen MR) is 102 cm³/mol. The summed E-state index contributed by atoms with van der Waals surface area (Å²) >= 11 is 0. The summed E-state index contributed by atoms with van der Waals surface area (Å²) < 4.78 is 13.0. The first kappa shape index (κ1) is 17.8. The van der Waals surface area contributed by atoms with Gasteiger partial charge in [-0.05, 0) is 45.0 Å². The summed E-state index contributed by atoms with van der Waals surface area (Å²) in [5.41, 5.74) is 2.46. The van der Waals surface area contributed by atoms with E-state index in [1.165, 1.54) is 0 Å². The molecule has 0 fully saturated rings. The lowest BCUT2D eigenvalue weighted by Gasteiger charge is -2.16. The molecule has 1 atom stereocenters. The summed E-state index contributed by atoms with van der Waals surface area (Å²) in [7, 11) is 0. The van der Waals surface area contributed by atoms with Gasteiger partial charge in [-0.3, -0.25) is 4.79 Å². The zero-order valence-corrected chi connectivity index (χ0v) is 15.2. The lowest BCUT2D eigenvalue weighted by molar-refractivity contribution is -0.118. The number of nitrogens with zero attached hydrogens (tertiary/aromatic N) is 2. The van der Waals surface area contributed by atoms with E-state index in [4.69, 9.17) is 9.47 Å². The van der Waals surface area contributed by atoms with Crippen LogP contribution in [-0.4, -0.2) is 28.7 Å². The molecule has 136 valence electrons. The molecular weight excluding hydrogens is 330 g/mol. The molecule has 0 bridgehead atoms. The summed E-state index contributed by atoms with van der Waals surface area (Å²) in [6.07, 6.45) is 1.69. The van der Waals surface area contributed by atoms with Gasteiger partial charge >= 0.3 is 0 Å². The fourth-order valence-electron chi connectivity index (χ4n) is 2.79. The molecule has 3 rings (SSSR count). The minimum absolute atomic E-state index is 0.125. The maximum absolute atomic E-state index is 12.7. The Labute approximate surface area is 152 Å². The molecule has 0 radical (unpaired) electrons. The number of carbonyl (C=O) groups excluding carboxylic acids is 1. The number of aromatic nitrogens is 2. The zero-order valence-electron chi connectivity index (χ0n) is 15.2. The Morgan fingerprint density at radius 1 is 1.12 bits per heavy atom. The average molecular weight is 353 g/mol. The first-order valence-corrected chi connectivity index (χ1v) is 8.76. The summed E-state index contributed by atoms with van der Waals surface area (Å²) in [6, 6.07) is 12.7. The number of rotatable bonds is 7. The Hall–Kier alpha value is -3.02. The minimum atomic E-state index is -0.399. The van der Waals surface area contributed by atoms with Crippen LogP contribution in [0.3, 0.4) is 0 Å². The lowest BCUT2D eigenvalue weighted by Crippen LogP contribution is -2.23. The smallest absolute Gasteiger partial charge is 0.247 e. The van der Waals surface area contributed by atoms with Gasteiger partial charge in [-0.15, -0.1) is 0 Å². The number of hydrogen-bond donors (Lipinski definition) is 1. The number of nitrogens with one attached hydrogen (secondary N) is 1. The number of benzene rings is 2. The number of fused-ring (bicyclic) bond motifs is 1. The number of imidazole rings is 1. The van der Waals surface area contributed by atoms with Gasteiger partial charge in [0.15, 0.2) is 11.5 Å². The molecule has 26 heavy (non-hydrogen) atoms. The Morgan fingerprint density at radius 2 is 1.85 bits per heavy atom. The van der Waals surface area contributed by atoms with E-state index < -0.39 is 6.04 Å². The van der Waals surface area contributed by atoms with Crippen LogP contribution >= 0.6 is 0 Å². The van der Waals surface area contributed by atoms with E-state index >= 15 is 0 Å². The van der Waals surface area contributed by atoms with Crippen LogP contribution in [0.4, 0.5) is 5.69 Å². The Balaban J connectivity index is 1.79. The molecule has 1 amide bonds. The van der Waals surface area contributed by atoms with Crippen LogP contribution in [0.2, 0.25) is 0 Å². The van der Waals surface area contributed by atoms with Crippen LogP contribution in [-0.2, 0) is 4.79 Å². The number of amides is 1. The zero-order chi connectivity index (χ0) is 18.5. The standard InChI is InChI=1S/C20H23N3O3/c1-4-25-18-11-10-15(12-19(18)26-5-2)22-20(24)14(3)23-13-21-16-8-6-7-9-17(16)23/h6-14H,4-5H2,1-3H3,(H,22,24). The van der Waals surface area contributed by atoms with Crippen LogP contribution in [0.15, 0.2) is 48.8 Å². The maximum Gasteiger partial charge on any atom is 0.247 e. The Morgan fingerprint density at radius 3 is 2.62 bits per heavy atom. The van der Waals surface area contributed by atoms with Gasteiger partial charge in [0.25, 0.3) is 0 Å². The Bertz CT molecular complexity index is 904. The first-order chi connectivity index (χ1) is 12.6. The largest absolute Gasteiger partial charge is 0.490 e. The third kappa shape index (κ3) is 3.64. The van der Waals surface area contributed by atoms with Gasteiger partial charge in [0.2, 0.25) is 5.91 Å². The molecule has 0 aliphatic rings. The fraction of sp³-hybridized carbons (Fsp3) is 0.300. The summed E-state index contributed by atoms with van der Waals surface area (Å²) in [5.74, 6) is 1.16. The van der Waals surface area contributed by atoms with Crippen molar-refractivity contribution in [3.05, 3.63) is 48.8 Å². The highest BCUT2D eigenvalue weighted by atomic mass is 16.5. The van der Waals surface area contributed by atoms with Gasteiger partial charge < -0.3 is 19.4 Å². The molecule has 0 aliphatic carbocycles. The van der Waals surface area contributed by atoms with Crippen LogP contribution in [0, 0.1) is 0 Å². The second-order valence-corrected chi connectivity index (χ2v) is 5.83. The first-order valence-electron chi connectivity index (χ1n) is 8.76. The van der Waals surface area contributed by atoms with Gasteiger partial charge in [0.1, 0.15) is 6.04 Å². The van der Waals surface area contributed by atoms with E-state index in [1.54, 1.807) is 18.5 Å². The number of hydrogen-bond acceptors (Lipinski definition) is 4. The number of anilines is 1. The maximum atomic E-state index is 12.7. The quantitative estimate of drug-likeness (QED) is 0.696. The second kappa shape index (κ2) is 7.91. The minimum Gasteiger partial charge on any atom is -0.490 e. The molecule has 3 aromatic rings. The third-order valence-electron chi connectivity index (χ3n) is 4.09. The van der Waals surface area contributed by atoms with Gasteiger partial charge in [0, 0.05) is 11.8 Å². The normalized spacial score (nSPS) is 12.0. The van der Waals surface area contributed by atoms with Crippen LogP contribution in [0.1, 0.15) is 26.8 Å². The van der Waals surface area contributed by atoms with Gasteiger partial charge in [-0.2, -0.15) is 0 Å². The number of para-hydroxylation sites is 2. The van der Waals surface area contributed by atoms with Crippen molar-refractivity contribution >= 4 is 22.6 Å². The predicted octanol–water partition coefficient (Wildman–Crippen LogP) is 4.03. The Kier molecular flexibility index (Phi) is 5.41. The highest BCUT2D eigenvalue weighted by Crippen LogP contribution is 2.31. The van der Waals surface area contributed by atoms with E-state index in [0.29, 0.717) is 30.4 Å². The number of ether oxygens (including phenoxy) is 2. The van der Waals surface area contributed by atoms with E-state index in [0.717, 1.165) is 11.0 Å². The highest BCUT2D eigenvalue weighted by molar-refractivity contribution is 5.94. The van der Waals surface area contributed by atoms with Gasteiger partial charge in [-0.25, -0.2) is 4.98 Å². The fourth-order valence-corrected chi connectivity index (χ4v) is 2.79. The molecule has 0 saturated heterocycles. The average Bonchev–Trinajstić information content (AvgIpc) is 3.07. The van der Waals surface area contributed by atoms with Crippen LogP contribution in [0.25, 0.3) is 11.0 Å². The number of carbonyl (C=O) groups is 1. The van der Waals surface area contributed by atoms with E-state index in [1.807, 2.05) is 55.7 Å². The molecule has 0 aliphatic heterocycles. The van der Waals surface area contributed by atoms with Gasteiger partial charge in [-0.1, -0.05) is 12.1 Å². The third-order valence-corrected chi connectivity index (χ3v) is 4.09. The lowest BCUT2D eigenvalue weighted by atomic mass is 10.2. The molecule has 0 saturated carbocycles. The molecule has 1 heterocycles. The summed E-state index contributed by atoms with van der Waals surface area (Å²) in [4.78, 5) is 17.0. The molecule has 6 nitrogen and oxygen atoms in total. The molecule has 0 spiro atoms. The monoisotopic (exact) mass is 353 g/mol. The van der Waals surface area contributed by atoms with Crippen molar-refractivity contribution < 1.29 is 14.3 Å². The topological polar surface area (TPSA) is 65.4 Å². The summed E-state index contributed by atoms with van der Waals surface area (Å²) in [5, 5.41) is 2.94. The molecule has 1 unspecified atom stereocenters. The molecule has 1 N–H and O–H groups in total. The van der Waals surface area contributed by atoms with Crippen molar-refractivity contribution in [3.8, 4) is 11.5 Å². The van der Waals surface area contributed by atoms with Crippen LogP contribution in [0.5, 0.6) is 11.5 Å². The van der Waals surface area contributed by atoms with Crippen molar-refractivity contribution in [2.24, 2.45) is 0 Å². The highest BCUT2D eigenvalue weighted by Gasteiger charge is 2.18. The molecule has 1 aromatic heterocycles. The van der Waals surface area contributed by atoms with E-state index in [-0.39, 0.29) is 5.91 Å². The molecular formula is C20H23N3O3. The van der Waals surface area contributed by atoms with Crippen molar-refractivity contribution in [3.63, 3.8) is 0 Å². The van der Waals surface area contributed by atoms with Crippen molar-refractivity contribution in [1.29, 1.82) is 0 Å². The van der Waals surface area contributed by atoms with Crippen LogP contribution < -0.4 is 14.8 Å².